The van der Waals surface area contributed by atoms with Crippen LogP contribution < -0.4 is 5.73 Å². The molecule has 0 saturated carbocycles. The molecule has 16 heavy (non-hydrogen) atoms. The van der Waals surface area contributed by atoms with Crippen LogP contribution in [0.15, 0.2) is 30.3 Å². The summed E-state index contributed by atoms with van der Waals surface area (Å²) in [5.74, 6) is -0.511. The van der Waals surface area contributed by atoms with Gasteiger partial charge in [-0.2, -0.15) is 5.26 Å². The number of benzene rings is 1. The van der Waals surface area contributed by atoms with Gasteiger partial charge in [-0.3, -0.25) is 4.79 Å². The van der Waals surface area contributed by atoms with Crippen LogP contribution in [0.5, 0.6) is 0 Å². The van der Waals surface area contributed by atoms with Crippen LogP contribution in [-0.4, -0.2) is 5.91 Å². The highest BCUT2D eigenvalue weighted by Crippen LogP contribution is 2.21. The zero-order chi connectivity index (χ0) is 11.8. The van der Waals surface area contributed by atoms with Gasteiger partial charge in [0.15, 0.2) is 0 Å². The summed E-state index contributed by atoms with van der Waals surface area (Å²) in [5.41, 5.74) is 6.34. The Balaban J connectivity index is 2.56. The van der Waals surface area contributed by atoms with Crippen molar-refractivity contribution >= 4 is 5.91 Å². The van der Waals surface area contributed by atoms with Crippen molar-refractivity contribution in [1.29, 1.82) is 5.26 Å². The number of nitrogens with two attached hydrogens (primary N) is 1. The number of carbonyl (C=O) groups is 1. The van der Waals surface area contributed by atoms with E-state index in [2.05, 4.69) is 6.07 Å². The molecule has 0 saturated heterocycles. The molecule has 84 valence electrons. The van der Waals surface area contributed by atoms with Gasteiger partial charge in [-0.1, -0.05) is 36.8 Å². The van der Waals surface area contributed by atoms with Crippen LogP contribution in [0.1, 0.15) is 37.2 Å². The molecule has 1 rings (SSSR count). The molecule has 0 aliphatic carbocycles. The normalized spacial score (nSPS) is 11.7. The Labute approximate surface area is 95.9 Å². The Morgan fingerprint density at radius 3 is 2.56 bits per heavy atom. The van der Waals surface area contributed by atoms with Crippen LogP contribution >= 0.6 is 0 Å². The van der Waals surface area contributed by atoms with Crippen LogP contribution in [0.4, 0.5) is 0 Å². The molecule has 1 aromatic carbocycles. The maximum Gasteiger partial charge on any atom is 0.224 e. The molecule has 3 heteroatoms. The van der Waals surface area contributed by atoms with E-state index in [0.29, 0.717) is 6.42 Å². The first-order valence-corrected chi connectivity index (χ1v) is 5.47. The molecule has 0 aromatic heterocycles. The van der Waals surface area contributed by atoms with E-state index in [-0.39, 0.29) is 11.8 Å². The zero-order valence-electron chi connectivity index (χ0n) is 9.23. The summed E-state index contributed by atoms with van der Waals surface area (Å²) in [4.78, 5) is 11.3. The fourth-order valence-electron chi connectivity index (χ4n) is 1.71. The third kappa shape index (κ3) is 3.74. The van der Waals surface area contributed by atoms with Gasteiger partial charge in [-0.05, 0) is 18.4 Å². The quantitative estimate of drug-likeness (QED) is 0.741. The standard InChI is InChI=1S/C13H16N2O/c14-10-6-2-5-9-12(13(15)16)11-7-3-1-4-8-11/h1,3-4,7-8,12H,2,5-6,9H2,(H2,15,16). The van der Waals surface area contributed by atoms with Crippen LogP contribution in [0.3, 0.4) is 0 Å². The minimum absolute atomic E-state index is 0.222. The van der Waals surface area contributed by atoms with Gasteiger partial charge in [0, 0.05) is 6.42 Å². The monoisotopic (exact) mass is 216 g/mol. The Bertz CT molecular complexity index is 367. The number of carbonyl (C=O) groups excluding carboxylic acids is 1. The number of hydrogen-bond acceptors (Lipinski definition) is 2. The van der Waals surface area contributed by atoms with E-state index in [1.165, 1.54) is 0 Å². The first kappa shape index (κ1) is 12.3. The van der Waals surface area contributed by atoms with Crippen LogP contribution in [0.25, 0.3) is 0 Å². The predicted molar refractivity (Wildman–Crippen MR) is 62.5 cm³/mol. The molecule has 3 nitrogen and oxygen atoms in total. The second-order valence-electron chi connectivity index (χ2n) is 3.77. The maximum atomic E-state index is 11.3. The number of hydrogen-bond donors (Lipinski definition) is 1. The summed E-state index contributed by atoms with van der Waals surface area (Å²) >= 11 is 0. The topological polar surface area (TPSA) is 66.9 Å². The van der Waals surface area contributed by atoms with Gasteiger partial charge >= 0.3 is 0 Å². The number of amides is 1. The van der Waals surface area contributed by atoms with Crippen LogP contribution in [0.2, 0.25) is 0 Å². The van der Waals surface area contributed by atoms with Gasteiger partial charge in [-0.25, -0.2) is 0 Å². The average Bonchev–Trinajstić information content (AvgIpc) is 2.30. The summed E-state index contributed by atoms with van der Waals surface area (Å²) in [6.07, 6.45) is 2.95. The van der Waals surface area contributed by atoms with E-state index >= 15 is 0 Å². The Hall–Kier alpha value is -1.82. The lowest BCUT2D eigenvalue weighted by Crippen LogP contribution is -2.21. The van der Waals surface area contributed by atoms with Crippen molar-refractivity contribution < 1.29 is 4.79 Å². The van der Waals surface area contributed by atoms with E-state index in [1.54, 1.807) is 0 Å². The molecule has 1 atom stereocenters. The van der Waals surface area contributed by atoms with Gasteiger partial charge in [0.05, 0.1) is 12.0 Å². The van der Waals surface area contributed by atoms with Crippen molar-refractivity contribution in [2.24, 2.45) is 5.73 Å². The second kappa shape index (κ2) is 6.62. The molecule has 0 fully saturated rings. The van der Waals surface area contributed by atoms with E-state index in [9.17, 15) is 4.79 Å². The van der Waals surface area contributed by atoms with Crippen molar-refractivity contribution in [3.8, 4) is 6.07 Å². The minimum Gasteiger partial charge on any atom is -0.369 e. The largest absolute Gasteiger partial charge is 0.369 e. The molecule has 1 aromatic rings. The van der Waals surface area contributed by atoms with Gasteiger partial charge in [0.1, 0.15) is 0 Å². The van der Waals surface area contributed by atoms with Crippen molar-refractivity contribution in [3.05, 3.63) is 35.9 Å². The van der Waals surface area contributed by atoms with Crippen LogP contribution in [0, 0.1) is 11.3 Å². The Morgan fingerprint density at radius 1 is 1.31 bits per heavy atom. The lowest BCUT2D eigenvalue weighted by molar-refractivity contribution is -0.119. The third-order valence-corrected chi connectivity index (χ3v) is 2.58. The summed E-state index contributed by atoms with van der Waals surface area (Å²) in [7, 11) is 0. The van der Waals surface area contributed by atoms with Crippen molar-refractivity contribution in [3.63, 3.8) is 0 Å². The molecule has 1 amide bonds. The predicted octanol–water partition coefficient (Wildman–Crippen LogP) is 2.34. The minimum atomic E-state index is -0.289. The van der Waals surface area contributed by atoms with Gasteiger partial charge in [0.2, 0.25) is 5.91 Å². The van der Waals surface area contributed by atoms with Gasteiger partial charge in [0.25, 0.3) is 0 Å². The maximum absolute atomic E-state index is 11.3. The first-order valence-electron chi connectivity index (χ1n) is 5.47. The second-order valence-corrected chi connectivity index (χ2v) is 3.77. The summed E-state index contributed by atoms with van der Waals surface area (Å²) < 4.78 is 0. The Morgan fingerprint density at radius 2 is 2.00 bits per heavy atom. The fourth-order valence-corrected chi connectivity index (χ4v) is 1.71. The van der Waals surface area contributed by atoms with E-state index in [1.807, 2.05) is 30.3 Å². The lowest BCUT2D eigenvalue weighted by atomic mass is 9.93. The highest BCUT2D eigenvalue weighted by Gasteiger charge is 2.16. The van der Waals surface area contributed by atoms with Crippen molar-refractivity contribution in [2.45, 2.75) is 31.6 Å². The molecule has 0 aliphatic heterocycles. The first-order chi connectivity index (χ1) is 7.75. The number of nitriles is 1. The molecular formula is C13H16N2O. The smallest absolute Gasteiger partial charge is 0.224 e. The van der Waals surface area contributed by atoms with Crippen molar-refractivity contribution in [2.75, 3.05) is 0 Å². The molecule has 0 aliphatic rings. The average molecular weight is 216 g/mol. The molecule has 0 spiro atoms. The summed E-state index contributed by atoms with van der Waals surface area (Å²) in [6, 6.07) is 11.6. The molecule has 0 bridgehead atoms. The zero-order valence-corrected chi connectivity index (χ0v) is 9.23. The highest BCUT2D eigenvalue weighted by molar-refractivity contribution is 5.81. The SMILES string of the molecule is N#CCCCCC(C(N)=O)c1ccccc1. The Kier molecular flexibility index (Phi) is 5.07. The van der Waals surface area contributed by atoms with E-state index in [4.69, 9.17) is 11.0 Å². The van der Waals surface area contributed by atoms with Crippen LogP contribution in [-0.2, 0) is 4.79 Å². The molecule has 0 radical (unpaired) electrons. The summed E-state index contributed by atoms with van der Waals surface area (Å²) in [6.45, 7) is 0. The molecule has 0 heterocycles. The van der Waals surface area contributed by atoms with Gasteiger partial charge in [-0.15, -0.1) is 0 Å². The van der Waals surface area contributed by atoms with Crippen molar-refractivity contribution in [1.82, 2.24) is 0 Å². The number of unbranched alkanes of at least 4 members (excludes halogenated alkanes) is 2. The molecular weight excluding hydrogens is 200 g/mol. The highest BCUT2D eigenvalue weighted by atomic mass is 16.1. The number of rotatable bonds is 6. The van der Waals surface area contributed by atoms with E-state index < -0.39 is 0 Å². The third-order valence-electron chi connectivity index (χ3n) is 2.58. The lowest BCUT2D eigenvalue weighted by Gasteiger charge is -2.12. The number of primary amides is 1. The molecule has 1 unspecified atom stereocenters. The summed E-state index contributed by atoms with van der Waals surface area (Å²) in [5, 5.41) is 8.42. The fraction of sp³-hybridized carbons (Fsp3) is 0.385. The van der Waals surface area contributed by atoms with Gasteiger partial charge < -0.3 is 5.73 Å². The van der Waals surface area contributed by atoms with E-state index in [0.717, 1.165) is 24.8 Å². The molecule has 2 N–H and O–H groups in total. The number of nitrogens with zero attached hydrogens (tertiary/aromatic N) is 1.